The number of ether oxygens (including phenoxy) is 1. The van der Waals surface area contributed by atoms with E-state index in [1.165, 1.54) is 6.33 Å². The van der Waals surface area contributed by atoms with Crippen LogP contribution in [0.5, 0.6) is 0 Å². The summed E-state index contributed by atoms with van der Waals surface area (Å²) in [6, 6.07) is 9.88. The normalized spacial score (nSPS) is 19.8. The van der Waals surface area contributed by atoms with Crippen molar-refractivity contribution in [2.45, 2.75) is 25.6 Å². The van der Waals surface area contributed by atoms with Gasteiger partial charge in [0, 0.05) is 18.7 Å². The van der Waals surface area contributed by atoms with Crippen LogP contribution in [0.1, 0.15) is 18.9 Å². The van der Waals surface area contributed by atoms with Crippen molar-refractivity contribution in [1.29, 1.82) is 0 Å². The number of morpholine rings is 1. The minimum Gasteiger partial charge on any atom is -0.374 e. The van der Waals surface area contributed by atoms with Gasteiger partial charge in [0.05, 0.1) is 25.3 Å². The van der Waals surface area contributed by atoms with E-state index in [-0.39, 0.29) is 12.1 Å². The quantitative estimate of drug-likeness (QED) is 0.700. The molecule has 1 aromatic carbocycles. The summed E-state index contributed by atoms with van der Waals surface area (Å²) >= 11 is 0. The summed E-state index contributed by atoms with van der Waals surface area (Å²) in [4.78, 5) is 10.8. The van der Waals surface area contributed by atoms with Crippen LogP contribution in [0.2, 0.25) is 0 Å². The van der Waals surface area contributed by atoms with Gasteiger partial charge in [-0.1, -0.05) is 35.5 Å². The smallest absolute Gasteiger partial charge is 0.244 e. The highest BCUT2D eigenvalue weighted by Crippen LogP contribution is 2.24. The third kappa shape index (κ3) is 3.59. The third-order valence-corrected chi connectivity index (χ3v) is 4.41. The Morgan fingerprint density at radius 3 is 2.96 bits per heavy atom. The molecule has 130 valence electrons. The molecular formula is C17H20N6O2. The molecular weight excluding hydrogens is 320 g/mol. The zero-order valence-corrected chi connectivity index (χ0v) is 14.0. The molecule has 3 aromatic rings. The van der Waals surface area contributed by atoms with Crippen molar-refractivity contribution >= 4 is 0 Å². The van der Waals surface area contributed by atoms with Crippen molar-refractivity contribution in [3.8, 4) is 11.4 Å². The van der Waals surface area contributed by atoms with Crippen LogP contribution in [0.15, 0.2) is 47.5 Å². The van der Waals surface area contributed by atoms with Crippen LogP contribution in [0.25, 0.3) is 11.4 Å². The summed E-state index contributed by atoms with van der Waals surface area (Å²) in [7, 11) is 0. The maximum absolute atomic E-state index is 5.85. The molecule has 1 saturated heterocycles. The van der Waals surface area contributed by atoms with Crippen LogP contribution in [0, 0.1) is 0 Å². The molecule has 8 nitrogen and oxygen atoms in total. The molecule has 4 rings (SSSR count). The van der Waals surface area contributed by atoms with Crippen LogP contribution in [0.4, 0.5) is 0 Å². The van der Waals surface area contributed by atoms with Crippen LogP contribution in [-0.4, -0.2) is 55.6 Å². The van der Waals surface area contributed by atoms with Gasteiger partial charge in [0.15, 0.2) is 0 Å². The van der Waals surface area contributed by atoms with Crippen LogP contribution < -0.4 is 0 Å². The molecule has 1 aliphatic rings. The summed E-state index contributed by atoms with van der Waals surface area (Å²) in [6.45, 7) is 5.05. The van der Waals surface area contributed by atoms with E-state index >= 15 is 0 Å². The molecule has 0 unspecified atom stereocenters. The van der Waals surface area contributed by atoms with Gasteiger partial charge in [-0.15, -0.1) is 0 Å². The van der Waals surface area contributed by atoms with Gasteiger partial charge >= 0.3 is 0 Å². The molecule has 25 heavy (non-hydrogen) atoms. The van der Waals surface area contributed by atoms with E-state index in [1.54, 1.807) is 11.0 Å². The fourth-order valence-electron chi connectivity index (χ4n) is 3.01. The Hall–Kier alpha value is -2.58. The van der Waals surface area contributed by atoms with E-state index in [0.29, 0.717) is 24.9 Å². The molecule has 0 bridgehead atoms. The first-order chi connectivity index (χ1) is 12.3. The Kier molecular flexibility index (Phi) is 4.53. The van der Waals surface area contributed by atoms with Crippen molar-refractivity contribution < 1.29 is 9.26 Å². The zero-order chi connectivity index (χ0) is 17.1. The maximum atomic E-state index is 5.85. The molecule has 0 saturated carbocycles. The van der Waals surface area contributed by atoms with E-state index < -0.39 is 0 Å². The Labute approximate surface area is 145 Å². The number of hydrogen-bond donors (Lipinski definition) is 0. The Balaban J connectivity index is 1.43. The molecule has 1 fully saturated rings. The van der Waals surface area contributed by atoms with Gasteiger partial charge in [-0.2, -0.15) is 10.1 Å². The second-order valence-electron chi connectivity index (χ2n) is 6.10. The minimum atomic E-state index is 0.0344. The molecule has 0 radical (unpaired) electrons. The standard InChI is InChI=1S/C17H20N6O2/c1-13(17-20-16(21-25-17)14-5-3-2-4-6-14)22-7-8-24-15(9-22)10-23-12-18-11-19-23/h2-6,11-13,15H,7-10H2,1H3/t13-,15+/m0/s1. The number of aromatic nitrogens is 5. The lowest BCUT2D eigenvalue weighted by Gasteiger charge is -2.35. The van der Waals surface area contributed by atoms with E-state index in [1.807, 2.05) is 30.3 Å². The molecule has 0 spiro atoms. The minimum absolute atomic E-state index is 0.0344. The predicted octanol–water partition coefficient (Wildman–Crippen LogP) is 1.79. The Morgan fingerprint density at radius 1 is 1.28 bits per heavy atom. The van der Waals surface area contributed by atoms with Crippen LogP contribution >= 0.6 is 0 Å². The van der Waals surface area contributed by atoms with Gasteiger partial charge in [-0.25, -0.2) is 4.98 Å². The number of benzene rings is 1. The van der Waals surface area contributed by atoms with Crippen molar-refractivity contribution in [2.24, 2.45) is 0 Å². The van der Waals surface area contributed by atoms with E-state index in [2.05, 4.69) is 32.0 Å². The monoisotopic (exact) mass is 340 g/mol. The molecule has 2 atom stereocenters. The molecule has 3 heterocycles. The molecule has 2 aromatic heterocycles. The van der Waals surface area contributed by atoms with Crippen molar-refractivity contribution in [3.05, 3.63) is 48.9 Å². The van der Waals surface area contributed by atoms with E-state index in [4.69, 9.17) is 9.26 Å². The molecule has 0 aliphatic carbocycles. The zero-order valence-electron chi connectivity index (χ0n) is 14.0. The largest absolute Gasteiger partial charge is 0.374 e. The average molecular weight is 340 g/mol. The molecule has 0 amide bonds. The summed E-state index contributed by atoms with van der Waals surface area (Å²) < 4.78 is 13.1. The summed E-state index contributed by atoms with van der Waals surface area (Å²) in [5, 5.41) is 8.26. The second kappa shape index (κ2) is 7.12. The van der Waals surface area contributed by atoms with Gasteiger partial charge in [-0.3, -0.25) is 9.58 Å². The van der Waals surface area contributed by atoms with Crippen molar-refractivity contribution in [1.82, 2.24) is 29.8 Å². The second-order valence-corrected chi connectivity index (χ2v) is 6.10. The third-order valence-electron chi connectivity index (χ3n) is 4.41. The van der Waals surface area contributed by atoms with Gasteiger partial charge in [0.2, 0.25) is 11.7 Å². The summed E-state index contributed by atoms with van der Waals surface area (Å²) in [5.74, 6) is 1.25. The first kappa shape index (κ1) is 15.9. The fraction of sp³-hybridized carbons (Fsp3) is 0.412. The highest BCUT2D eigenvalue weighted by molar-refractivity contribution is 5.53. The first-order valence-corrected chi connectivity index (χ1v) is 8.36. The fourth-order valence-corrected chi connectivity index (χ4v) is 3.01. The topological polar surface area (TPSA) is 82.1 Å². The summed E-state index contributed by atoms with van der Waals surface area (Å²) in [6.07, 6.45) is 3.30. The van der Waals surface area contributed by atoms with Gasteiger partial charge in [0.25, 0.3) is 0 Å². The van der Waals surface area contributed by atoms with Gasteiger partial charge < -0.3 is 9.26 Å². The highest BCUT2D eigenvalue weighted by atomic mass is 16.5. The van der Waals surface area contributed by atoms with Crippen LogP contribution in [0.3, 0.4) is 0 Å². The molecule has 1 aliphatic heterocycles. The van der Waals surface area contributed by atoms with Gasteiger partial charge in [0.1, 0.15) is 12.7 Å². The maximum Gasteiger partial charge on any atom is 0.244 e. The Morgan fingerprint density at radius 2 is 2.16 bits per heavy atom. The van der Waals surface area contributed by atoms with Crippen LogP contribution in [-0.2, 0) is 11.3 Å². The first-order valence-electron chi connectivity index (χ1n) is 8.36. The lowest BCUT2D eigenvalue weighted by atomic mass is 10.2. The predicted molar refractivity (Wildman–Crippen MR) is 89.5 cm³/mol. The molecule has 8 heteroatoms. The number of hydrogen-bond acceptors (Lipinski definition) is 7. The SMILES string of the molecule is C[C@@H](c1nc(-c2ccccc2)no1)N1CCO[C@@H](Cn2cncn2)C1. The highest BCUT2D eigenvalue weighted by Gasteiger charge is 2.28. The molecule has 0 N–H and O–H groups in total. The van der Waals surface area contributed by atoms with E-state index in [9.17, 15) is 0 Å². The lowest BCUT2D eigenvalue weighted by Crippen LogP contribution is -2.45. The number of rotatable bonds is 5. The lowest BCUT2D eigenvalue weighted by molar-refractivity contribution is -0.0532. The number of nitrogens with zero attached hydrogens (tertiary/aromatic N) is 6. The average Bonchev–Trinajstić information content (AvgIpc) is 3.34. The van der Waals surface area contributed by atoms with Crippen molar-refractivity contribution in [3.63, 3.8) is 0 Å². The summed E-state index contributed by atoms with van der Waals surface area (Å²) in [5.41, 5.74) is 0.954. The Bertz CT molecular complexity index is 789. The van der Waals surface area contributed by atoms with Crippen molar-refractivity contribution in [2.75, 3.05) is 19.7 Å². The van der Waals surface area contributed by atoms with E-state index in [0.717, 1.165) is 18.7 Å². The van der Waals surface area contributed by atoms with Gasteiger partial charge in [-0.05, 0) is 6.92 Å².